The van der Waals surface area contributed by atoms with E-state index in [0.29, 0.717) is 6.54 Å². The van der Waals surface area contributed by atoms with Crippen molar-refractivity contribution in [3.8, 4) is 17.6 Å². The van der Waals surface area contributed by atoms with Crippen LogP contribution in [0.4, 0.5) is 0 Å². The molecule has 0 radical (unpaired) electrons. The Labute approximate surface area is 109 Å². The Morgan fingerprint density at radius 2 is 1.83 bits per heavy atom. The van der Waals surface area contributed by atoms with E-state index in [1.165, 1.54) is 0 Å². The lowest BCUT2D eigenvalue weighted by Gasteiger charge is -2.19. The molecule has 1 N–H and O–H groups in total. The number of nitriles is 1. The highest BCUT2D eigenvalue weighted by atomic mass is 16.5. The minimum atomic E-state index is -0.566. The van der Waals surface area contributed by atoms with Crippen LogP contribution in [0.5, 0.6) is 11.5 Å². The molecule has 0 bridgehead atoms. The van der Waals surface area contributed by atoms with Crippen molar-refractivity contribution in [1.29, 1.82) is 5.26 Å². The second-order valence-corrected chi connectivity index (χ2v) is 4.72. The Bertz CT molecular complexity index is 462. The van der Waals surface area contributed by atoms with Crippen LogP contribution < -0.4 is 14.8 Å². The van der Waals surface area contributed by atoms with Crippen LogP contribution >= 0.6 is 0 Å². The molecule has 0 fully saturated rings. The minimum Gasteiger partial charge on any atom is -0.496 e. The van der Waals surface area contributed by atoms with E-state index in [0.717, 1.165) is 22.6 Å². The molecule has 0 aliphatic rings. The summed E-state index contributed by atoms with van der Waals surface area (Å²) in [5.41, 5.74) is 1.43. The van der Waals surface area contributed by atoms with Gasteiger partial charge in [-0.2, -0.15) is 5.26 Å². The first kappa shape index (κ1) is 14.3. The smallest absolute Gasteiger partial charge is 0.123 e. The maximum atomic E-state index is 8.97. The summed E-state index contributed by atoms with van der Waals surface area (Å²) in [7, 11) is 3.28. The zero-order valence-corrected chi connectivity index (χ0v) is 11.6. The molecule has 0 aromatic heterocycles. The van der Waals surface area contributed by atoms with Crippen molar-refractivity contribution < 1.29 is 9.47 Å². The van der Waals surface area contributed by atoms with E-state index in [-0.39, 0.29) is 0 Å². The number of nitrogens with zero attached hydrogens (tertiary/aromatic N) is 1. The van der Waals surface area contributed by atoms with Crippen molar-refractivity contribution in [3.63, 3.8) is 0 Å². The van der Waals surface area contributed by atoms with Crippen LogP contribution in [0, 0.1) is 18.3 Å². The van der Waals surface area contributed by atoms with Crippen LogP contribution in [0.3, 0.4) is 0 Å². The van der Waals surface area contributed by atoms with Crippen LogP contribution in [0.25, 0.3) is 0 Å². The molecule has 98 valence electrons. The molecule has 0 aliphatic heterocycles. The van der Waals surface area contributed by atoms with Gasteiger partial charge in [-0.25, -0.2) is 0 Å². The van der Waals surface area contributed by atoms with Crippen LogP contribution in [0.2, 0.25) is 0 Å². The molecule has 0 saturated carbocycles. The highest BCUT2D eigenvalue weighted by Crippen LogP contribution is 2.28. The van der Waals surface area contributed by atoms with E-state index in [4.69, 9.17) is 14.7 Å². The molecule has 0 amide bonds. The van der Waals surface area contributed by atoms with Crippen LogP contribution in [0.15, 0.2) is 12.1 Å². The van der Waals surface area contributed by atoms with Crippen LogP contribution in [-0.4, -0.2) is 19.8 Å². The Morgan fingerprint density at radius 1 is 1.22 bits per heavy atom. The van der Waals surface area contributed by atoms with E-state index in [1.807, 2.05) is 32.9 Å². The Balaban J connectivity index is 2.97. The number of aryl methyl sites for hydroxylation is 1. The number of hydrogen-bond acceptors (Lipinski definition) is 4. The van der Waals surface area contributed by atoms with Gasteiger partial charge >= 0.3 is 0 Å². The van der Waals surface area contributed by atoms with Gasteiger partial charge in [-0.05, 0) is 38.5 Å². The third-order valence-corrected chi connectivity index (χ3v) is 2.80. The van der Waals surface area contributed by atoms with Gasteiger partial charge in [0.2, 0.25) is 0 Å². The Hall–Kier alpha value is -1.73. The molecule has 1 aromatic carbocycles. The van der Waals surface area contributed by atoms with Crippen molar-refractivity contribution in [3.05, 3.63) is 23.3 Å². The van der Waals surface area contributed by atoms with Crippen molar-refractivity contribution in [2.75, 3.05) is 14.2 Å². The van der Waals surface area contributed by atoms with E-state index in [1.54, 1.807) is 14.2 Å². The molecule has 0 atom stereocenters. The molecule has 0 heterocycles. The Morgan fingerprint density at radius 3 is 2.33 bits per heavy atom. The maximum Gasteiger partial charge on any atom is 0.123 e. The molecule has 0 saturated heterocycles. The molecule has 0 spiro atoms. The normalized spacial score (nSPS) is 10.9. The third-order valence-electron chi connectivity index (χ3n) is 2.80. The van der Waals surface area contributed by atoms with E-state index in [2.05, 4.69) is 11.4 Å². The highest BCUT2D eigenvalue weighted by Gasteiger charge is 2.17. The summed E-state index contributed by atoms with van der Waals surface area (Å²) in [6.45, 7) is 6.20. The zero-order chi connectivity index (χ0) is 13.8. The molecule has 18 heavy (non-hydrogen) atoms. The maximum absolute atomic E-state index is 8.97. The first-order valence-corrected chi connectivity index (χ1v) is 5.81. The average molecular weight is 248 g/mol. The fourth-order valence-electron chi connectivity index (χ4n) is 1.61. The summed E-state index contributed by atoms with van der Waals surface area (Å²) in [6, 6.07) is 6.08. The summed E-state index contributed by atoms with van der Waals surface area (Å²) < 4.78 is 10.6. The molecular weight excluding hydrogens is 228 g/mol. The first-order chi connectivity index (χ1) is 8.43. The lowest BCUT2D eigenvalue weighted by atomic mass is 10.1. The predicted molar refractivity (Wildman–Crippen MR) is 70.8 cm³/mol. The second kappa shape index (κ2) is 5.74. The number of rotatable bonds is 5. The topological polar surface area (TPSA) is 54.3 Å². The molecule has 4 heteroatoms. The summed E-state index contributed by atoms with van der Waals surface area (Å²) in [5, 5.41) is 12.1. The molecule has 0 unspecified atom stereocenters. The quantitative estimate of drug-likeness (QED) is 0.869. The van der Waals surface area contributed by atoms with Crippen molar-refractivity contribution in [2.45, 2.75) is 32.9 Å². The fourth-order valence-corrected chi connectivity index (χ4v) is 1.61. The van der Waals surface area contributed by atoms with Crippen molar-refractivity contribution >= 4 is 0 Å². The van der Waals surface area contributed by atoms with Crippen molar-refractivity contribution in [2.24, 2.45) is 0 Å². The molecular formula is C14H20N2O2. The lowest BCUT2D eigenvalue weighted by molar-refractivity contribution is 0.390. The SMILES string of the molecule is COc1cc(CNC(C)(C)C#N)c(OC)cc1C. The van der Waals surface area contributed by atoms with Gasteiger partial charge in [-0.1, -0.05) is 0 Å². The minimum absolute atomic E-state index is 0.556. The van der Waals surface area contributed by atoms with E-state index < -0.39 is 5.54 Å². The molecule has 0 aliphatic carbocycles. The standard InChI is InChI=1S/C14H20N2O2/c1-10-6-13(18-5)11(7-12(10)17-4)8-16-14(2,3)9-15/h6-7,16H,8H2,1-5H3. The Kier molecular flexibility index (Phi) is 4.57. The predicted octanol–water partition coefficient (Wildman–Crippen LogP) is 2.40. The van der Waals surface area contributed by atoms with E-state index in [9.17, 15) is 0 Å². The average Bonchev–Trinajstić information content (AvgIpc) is 2.36. The monoisotopic (exact) mass is 248 g/mol. The van der Waals surface area contributed by atoms with Gasteiger partial charge in [0.05, 0.1) is 20.3 Å². The van der Waals surface area contributed by atoms with Gasteiger partial charge in [-0.3, -0.25) is 5.32 Å². The number of hydrogen-bond donors (Lipinski definition) is 1. The first-order valence-electron chi connectivity index (χ1n) is 5.81. The highest BCUT2D eigenvalue weighted by molar-refractivity contribution is 5.46. The molecule has 1 aromatic rings. The number of methoxy groups -OCH3 is 2. The van der Waals surface area contributed by atoms with Gasteiger partial charge in [0.15, 0.2) is 0 Å². The second-order valence-electron chi connectivity index (χ2n) is 4.72. The summed E-state index contributed by atoms with van der Waals surface area (Å²) in [6.07, 6.45) is 0. The number of ether oxygens (including phenoxy) is 2. The van der Waals surface area contributed by atoms with Gasteiger partial charge in [0, 0.05) is 12.1 Å². The zero-order valence-electron chi connectivity index (χ0n) is 11.6. The van der Waals surface area contributed by atoms with Gasteiger partial charge < -0.3 is 9.47 Å². The third kappa shape index (κ3) is 3.38. The summed E-state index contributed by atoms with van der Waals surface area (Å²) >= 11 is 0. The van der Waals surface area contributed by atoms with Gasteiger partial charge in [0.1, 0.15) is 17.0 Å². The van der Waals surface area contributed by atoms with Gasteiger partial charge in [0.25, 0.3) is 0 Å². The summed E-state index contributed by atoms with van der Waals surface area (Å²) in [4.78, 5) is 0. The van der Waals surface area contributed by atoms with Crippen molar-refractivity contribution in [1.82, 2.24) is 5.32 Å². The number of nitrogens with one attached hydrogen (secondary N) is 1. The van der Waals surface area contributed by atoms with Crippen LogP contribution in [0.1, 0.15) is 25.0 Å². The molecule has 1 rings (SSSR count). The fraction of sp³-hybridized carbons (Fsp3) is 0.500. The largest absolute Gasteiger partial charge is 0.496 e. The van der Waals surface area contributed by atoms with E-state index >= 15 is 0 Å². The lowest BCUT2D eigenvalue weighted by Crippen LogP contribution is -2.37. The van der Waals surface area contributed by atoms with Gasteiger partial charge in [-0.15, -0.1) is 0 Å². The molecule has 4 nitrogen and oxygen atoms in total. The van der Waals surface area contributed by atoms with Crippen LogP contribution in [-0.2, 0) is 6.54 Å². The summed E-state index contributed by atoms with van der Waals surface area (Å²) in [5.74, 6) is 1.62. The number of benzene rings is 1.